The van der Waals surface area contributed by atoms with Crippen molar-refractivity contribution in [3.63, 3.8) is 0 Å². The maximum absolute atomic E-state index is 4.37. The lowest BCUT2D eigenvalue weighted by atomic mass is 10.1. The van der Waals surface area contributed by atoms with Crippen molar-refractivity contribution >= 4 is 16.7 Å². The first-order valence-electron chi connectivity index (χ1n) is 6.50. The van der Waals surface area contributed by atoms with Gasteiger partial charge < -0.3 is 5.32 Å². The van der Waals surface area contributed by atoms with Gasteiger partial charge in [-0.15, -0.1) is 0 Å². The van der Waals surface area contributed by atoms with Gasteiger partial charge in [-0.05, 0) is 18.6 Å². The van der Waals surface area contributed by atoms with Gasteiger partial charge in [0.05, 0.1) is 5.69 Å². The summed E-state index contributed by atoms with van der Waals surface area (Å²) in [6.45, 7) is 3.06. The molecule has 1 aromatic carbocycles. The molecular formula is C15H16N4. The van der Waals surface area contributed by atoms with Gasteiger partial charge in [0.15, 0.2) is 0 Å². The molecule has 0 saturated heterocycles. The van der Waals surface area contributed by atoms with Crippen LogP contribution in [0.25, 0.3) is 16.5 Å². The lowest BCUT2D eigenvalue weighted by molar-refractivity contribution is 0.939. The van der Waals surface area contributed by atoms with Crippen LogP contribution in [0.4, 0.5) is 5.95 Å². The number of rotatable bonds is 4. The van der Waals surface area contributed by atoms with Crippen LogP contribution in [0.1, 0.15) is 13.3 Å². The third-order valence-corrected chi connectivity index (χ3v) is 3.09. The molecular weight excluding hydrogens is 236 g/mol. The summed E-state index contributed by atoms with van der Waals surface area (Å²) >= 11 is 0. The number of hydrogen-bond acceptors (Lipinski definition) is 3. The van der Waals surface area contributed by atoms with Crippen LogP contribution in [0.2, 0.25) is 0 Å². The molecule has 3 aromatic rings. The zero-order chi connectivity index (χ0) is 13.1. The fourth-order valence-electron chi connectivity index (χ4n) is 2.18. The van der Waals surface area contributed by atoms with Crippen LogP contribution in [-0.2, 0) is 0 Å². The minimum Gasteiger partial charge on any atom is -0.355 e. The predicted octanol–water partition coefficient (Wildman–Crippen LogP) is 3.24. The molecule has 0 aliphatic rings. The van der Waals surface area contributed by atoms with E-state index < -0.39 is 0 Å². The molecule has 0 amide bonds. The number of anilines is 1. The summed E-state index contributed by atoms with van der Waals surface area (Å²) in [7, 11) is 0. The molecule has 2 heterocycles. The van der Waals surface area contributed by atoms with Gasteiger partial charge in [0.2, 0.25) is 5.95 Å². The number of pyridine rings is 1. The van der Waals surface area contributed by atoms with Crippen molar-refractivity contribution < 1.29 is 0 Å². The first-order valence-corrected chi connectivity index (χ1v) is 6.50. The number of imidazole rings is 1. The van der Waals surface area contributed by atoms with Crippen molar-refractivity contribution in [3.8, 4) is 5.69 Å². The molecule has 0 saturated carbocycles. The smallest absolute Gasteiger partial charge is 0.207 e. The summed E-state index contributed by atoms with van der Waals surface area (Å²) in [6.07, 6.45) is 8.58. The highest BCUT2D eigenvalue weighted by molar-refractivity contribution is 5.89. The first-order chi connectivity index (χ1) is 9.40. The summed E-state index contributed by atoms with van der Waals surface area (Å²) < 4.78 is 2.08. The molecule has 0 aliphatic carbocycles. The average Bonchev–Trinajstić information content (AvgIpc) is 2.92. The Kier molecular flexibility index (Phi) is 3.14. The van der Waals surface area contributed by atoms with Crippen LogP contribution in [0.3, 0.4) is 0 Å². The molecule has 0 atom stereocenters. The summed E-state index contributed by atoms with van der Waals surface area (Å²) in [6, 6.07) is 8.25. The van der Waals surface area contributed by atoms with Gasteiger partial charge in [-0.1, -0.05) is 19.1 Å². The van der Waals surface area contributed by atoms with Crippen molar-refractivity contribution in [1.29, 1.82) is 0 Å². The maximum atomic E-state index is 4.37. The quantitative estimate of drug-likeness (QED) is 0.775. The van der Waals surface area contributed by atoms with E-state index in [-0.39, 0.29) is 0 Å². The second kappa shape index (κ2) is 5.10. The minimum atomic E-state index is 0.881. The lowest BCUT2D eigenvalue weighted by Crippen LogP contribution is -2.06. The molecule has 4 heteroatoms. The Balaban J connectivity index is 2.12. The zero-order valence-electron chi connectivity index (χ0n) is 10.9. The molecule has 0 fully saturated rings. The maximum Gasteiger partial charge on any atom is 0.207 e. The van der Waals surface area contributed by atoms with E-state index in [1.165, 1.54) is 5.39 Å². The molecule has 96 valence electrons. The summed E-state index contributed by atoms with van der Waals surface area (Å²) in [4.78, 5) is 8.54. The van der Waals surface area contributed by atoms with E-state index in [2.05, 4.69) is 38.9 Å². The topological polar surface area (TPSA) is 42.7 Å². The number of hydrogen-bond donors (Lipinski definition) is 1. The summed E-state index contributed by atoms with van der Waals surface area (Å²) in [5.41, 5.74) is 1.12. The van der Waals surface area contributed by atoms with Crippen molar-refractivity contribution in [2.45, 2.75) is 13.3 Å². The third kappa shape index (κ3) is 2.17. The Hall–Kier alpha value is -2.36. The molecule has 0 spiro atoms. The van der Waals surface area contributed by atoms with E-state index in [9.17, 15) is 0 Å². The number of fused-ring (bicyclic) bond motifs is 1. The van der Waals surface area contributed by atoms with Crippen molar-refractivity contribution in [2.75, 3.05) is 11.9 Å². The van der Waals surface area contributed by atoms with E-state index in [0.717, 1.165) is 30.0 Å². The molecule has 19 heavy (non-hydrogen) atoms. The molecule has 0 radical (unpaired) electrons. The van der Waals surface area contributed by atoms with Gasteiger partial charge in [-0.25, -0.2) is 4.98 Å². The van der Waals surface area contributed by atoms with E-state index in [1.54, 1.807) is 0 Å². The van der Waals surface area contributed by atoms with Gasteiger partial charge in [0.25, 0.3) is 0 Å². The molecule has 2 aromatic heterocycles. The van der Waals surface area contributed by atoms with Crippen molar-refractivity contribution in [2.24, 2.45) is 0 Å². The van der Waals surface area contributed by atoms with Crippen molar-refractivity contribution in [3.05, 3.63) is 49.1 Å². The van der Waals surface area contributed by atoms with Crippen LogP contribution in [-0.4, -0.2) is 21.1 Å². The van der Waals surface area contributed by atoms with E-state index in [1.807, 2.05) is 36.9 Å². The lowest BCUT2D eigenvalue weighted by Gasteiger charge is -2.11. The molecule has 4 nitrogen and oxygen atoms in total. The predicted molar refractivity (Wildman–Crippen MR) is 77.6 cm³/mol. The Bertz CT molecular complexity index is 682. The second-order valence-corrected chi connectivity index (χ2v) is 4.42. The molecule has 0 unspecified atom stereocenters. The largest absolute Gasteiger partial charge is 0.355 e. The van der Waals surface area contributed by atoms with E-state index >= 15 is 0 Å². The van der Waals surface area contributed by atoms with Gasteiger partial charge in [-0.2, -0.15) is 0 Å². The van der Waals surface area contributed by atoms with Crippen LogP contribution < -0.4 is 5.32 Å². The Morgan fingerprint density at radius 2 is 2.16 bits per heavy atom. The Morgan fingerprint density at radius 1 is 1.21 bits per heavy atom. The normalized spacial score (nSPS) is 10.8. The SMILES string of the molecule is CCCNc1nccn1-c1cccc2cnccc12. The Morgan fingerprint density at radius 3 is 3.05 bits per heavy atom. The highest BCUT2D eigenvalue weighted by Gasteiger charge is 2.07. The highest BCUT2D eigenvalue weighted by Crippen LogP contribution is 2.23. The highest BCUT2D eigenvalue weighted by atomic mass is 15.2. The monoisotopic (exact) mass is 252 g/mol. The van der Waals surface area contributed by atoms with E-state index in [4.69, 9.17) is 0 Å². The fourth-order valence-corrected chi connectivity index (χ4v) is 2.18. The summed E-state index contributed by atoms with van der Waals surface area (Å²) in [5, 5.41) is 5.65. The molecule has 0 bridgehead atoms. The summed E-state index contributed by atoms with van der Waals surface area (Å²) in [5.74, 6) is 0.881. The van der Waals surface area contributed by atoms with Crippen LogP contribution in [0, 0.1) is 0 Å². The third-order valence-electron chi connectivity index (χ3n) is 3.09. The fraction of sp³-hybridized carbons (Fsp3) is 0.200. The average molecular weight is 252 g/mol. The Labute approximate surface area is 112 Å². The number of nitrogens with zero attached hydrogens (tertiary/aromatic N) is 3. The second-order valence-electron chi connectivity index (χ2n) is 4.42. The van der Waals surface area contributed by atoms with Crippen molar-refractivity contribution in [1.82, 2.24) is 14.5 Å². The van der Waals surface area contributed by atoms with Gasteiger partial charge >= 0.3 is 0 Å². The zero-order valence-corrected chi connectivity index (χ0v) is 10.9. The molecule has 1 N–H and O–H groups in total. The van der Waals surface area contributed by atoms with Gasteiger partial charge in [-0.3, -0.25) is 9.55 Å². The van der Waals surface area contributed by atoms with Gasteiger partial charge in [0, 0.05) is 42.1 Å². The molecule has 0 aliphatic heterocycles. The number of benzene rings is 1. The van der Waals surface area contributed by atoms with Gasteiger partial charge in [0.1, 0.15) is 0 Å². The van der Waals surface area contributed by atoms with Crippen LogP contribution in [0.5, 0.6) is 0 Å². The van der Waals surface area contributed by atoms with E-state index in [0.29, 0.717) is 0 Å². The molecule has 3 rings (SSSR count). The van der Waals surface area contributed by atoms with Crippen LogP contribution in [0.15, 0.2) is 49.1 Å². The van der Waals surface area contributed by atoms with Crippen LogP contribution >= 0.6 is 0 Å². The first kappa shape index (κ1) is 11.7. The number of nitrogens with one attached hydrogen (secondary N) is 1. The number of aromatic nitrogens is 3. The standard InChI is InChI=1S/C15H16N4/c1-2-7-17-15-18-9-10-19(15)14-5-3-4-12-11-16-8-6-13(12)14/h3-6,8-11H,2,7H2,1H3,(H,17,18). The minimum absolute atomic E-state index is 0.881.